The number of hydrogen-bond donors (Lipinski definition) is 2. The van der Waals surface area contributed by atoms with E-state index < -0.39 is 5.91 Å². The molecule has 1 saturated carbocycles. The maximum Gasteiger partial charge on any atom is 0.287 e. The summed E-state index contributed by atoms with van der Waals surface area (Å²) in [5, 5.41) is 6.66. The molecular weight excluding hydrogens is 280 g/mol. The highest BCUT2D eigenvalue weighted by Crippen LogP contribution is 2.23. The van der Waals surface area contributed by atoms with Crippen LogP contribution in [0.15, 0.2) is 28.7 Å². The van der Waals surface area contributed by atoms with Crippen LogP contribution in [0.4, 0.5) is 0 Å². The van der Waals surface area contributed by atoms with Crippen LogP contribution in [0.25, 0.3) is 11.0 Å². The highest BCUT2D eigenvalue weighted by molar-refractivity contribution is 6.31. The van der Waals surface area contributed by atoms with Crippen LogP contribution in [0.1, 0.15) is 23.4 Å². The fourth-order valence-corrected chi connectivity index (χ4v) is 2.06. The summed E-state index contributed by atoms with van der Waals surface area (Å²) in [6, 6.07) is 7.01. The van der Waals surface area contributed by atoms with E-state index in [1.54, 1.807) is 24.3 Å². The standard InChI is InChI=1S/C14H13ClN2O3/c15-9-1-4-11-8(5-9)6-12(20-11)14(19)16-7-13(18)17-10-2-3-10/h1,4-6,10H,2-3,7H2,(H,16,19)(H,17,18). The summed E-state index contributed by atoms with van der Waals surface area (Å²) in [7, 11) is 0. The molecular formula is C14H13ClN2O3. The van der Waals surface area contributed by atoms with Crippen molar-refractivity contribution in [2.45, 2.75) is 18.9 Å². The fraction of sp³-hybridized carbons (Fsp3) is 0.286. The molecule has 1 fully saturated rings. The van der Waals surface area contributed by atoms with Crippen LogP contribution in [0.3, 0.4) is 0 Å². The Morgan fingerprint density at radius 3 is 2.85 bits per heavy atom. The highest BCUT2D eigenvalue weighted by atomic mass is 35.5. The molecule has 6 heteroatoms. The third-order valence-corrected chi connectivity index (χ3v) is 3.29. The summed E-state index contributed by atoms with van der Waals surface area (Å²) in [4.78, 5) is 23.4. The largest absolute Gasteiger partial charge is 0.451 e. The molecule has 0 bridgehead atoms. The van der Waals surface area contributed by atoms with E-state index in [0.717, 1.165) is 18.2 Å². The lowest BCUT2D eigenvalue weighted by Gasteiger charge is -2.03. The normalized spacial score (nSPS) is 14.2. The van der Waals surface area contributed by atoms with Gasteiger partial charge in [-0.15, -0.1) is 0 Å². The van der Waals surface area contributed by atoms with E-state index in [1.807, 2.05) is 0 Å². The maximum atomic E-state index is 11.9. The first-order chi connectivity index (χ1) is 9.61. The number of carbonyl (C=O) groups excluding carboxylic acids is 2. The monoisotopic (exact) mass is 292 g/mol. The van der Waals surface area contributed by atoms with Gasteiger partial charge in [0, 0.05) is 16.5 Å². The summed E-state index contributed by atoms with van der Waals surface area (Å²) in [5.74, 6) is -0.426. The van der Waals surface area contributed by atoms with Gasteiger partial charge in [0.2, 0.25) is 5.91 Å². The predicted octanol–water partition coefficient (Wildman–Crippen LogP) is 2.09. The molecule has 20 heavy (non-hydrogen) atoms. The molecule has 0 atom stereocenters. The van der Waals surface area contributed by atoms with Crippen LogP contribution >= 0.6 is 11.6 Å². The van der Waals surface area contributed by atoms with Gasteiger partial charge < -0.3 is 15.1 Å². The van der Waals surface area contributed by atoms with Crippen LogP contribution in [-0.2, 0) is 4.79 Å². The Bertz CT molecular complexity index is 676. The summed E-state index contributed by atoms with van der Waals surface area (Å²) in [6.45, 7) is -0.0485. The quantitative estimate of drug-likeness (QED) is 0.906. The molecule has 0 saturated heterocycles. The van der Waals surface area contributed by atoms with E-state index in [-0.39, 0.29) is 24.3 Å². The smallest absolute Gasteiger partial charge is 0.287 e. The summed E-state index contributed by atoms with van der Waals surface area (Å²) >= 11 is 5.87. The number of furan rings is 1. The number of amides is 2. The Kier molecular flexibility index (Phi) is 3.36. The molecule has 2 N–H and O–H groups in total. The van der Waals surface area contributed by atoms with Gasteiger partial charge in [-0.05, 0) is 37.1 Å². The van der Waals surface area contributed by atoms with Crippen molar-refractivity contribution in [3.05, 3.63) is 35.0 Å². The van der Waals surface area contributed by atoms with Crippen LogP contribution in [0.2, 0.25) is 5.02 Å². The average molecular weight is 293 g/mol. The Morgan fingerprint density at radius 2 is 2.10 bits per heavy atom. The van der Waals surface area contributed by atoms with Gasteiger partial charge >= 0.3 is 0 Å². The third kappa shape index (κ3) is 2.93. The van der Waals surface area contributed by atoms with Crippen LogP contribution in [0.5, 0.6) is 0 Å². The van der Waals surface area contributed by atoms with E-state index in [9.17, 15) is 9.59 Å². The molecule has 0 aliphatic heterocycles. The number of fused-ring (bicyclic) bond motifs is 1. The van der Waals surface area contributed by atoms with Crippen LogP contribution in [0, 0.1) is 0 Å². The maximum absolute atomic E-state index is 11.9. The Hall–Kier alpha value is -2.01. The highest BCUT2D eigenvalue weighted by Gasteiger charge is 2.23. The first-order valence-electron chi connectivity index (χ1n) is 6.38. The first-order valence-corrected chi connectivity index (χ1v) is 6.76. The molecule has 2 aromatic rings. The third-order valence-electron chi connectivity index (χ3n) is 3.05. The molecule has 1 aromatic carbocycles. The lowest BCUT2D eigenvalue weighted by molar-refractivity contribution is -0.120. The van der Waals surface area contributed by atoms with Crippen molar-refractivity contribution in [1.82, 2.24) is 10.6 Å². The summed E-state index contributed by atoms with van der Waals surface area (Å²) < 4.78 is 5.41. The van der Waals surface area contributed by atoms with Gasteiger partial charge in [-0.3, -0.25) is 9.59 Å². The number of halogens is 1. The summed E-state index contributed by atoms with van der Waals surface area (Å²) in [6.07, 6.45) is 2.04. The van der Waals surface area contributed by atoms with Gasteiger partial charge in [0.1, 0.15) is 5.58 Å². The molecule has 1 aliphatic rings. The average Bonchev–Trinajstić information content (AvgIpc) is 3.12. The Labute approximate surface area is 120 Å². The van der Waals surface area contributed by atoms with Gasteiger partial charge in [-0.2, -0.15) is 0 Å². The second-order valence-electron chi connectivity index (χ2n) is 4.82. The molecule has 2 amide bonds. The molecule has 0 spiro atoms. The zero-order valence-corrected chi connectivity index (χ0v) is 11.4. The van der Waals surface area contributed by atoms with E-state index in [0.29, 0.717) is 10.6 Å². The Balaban J connectivity index is 1.64. The number of carbonyl (C=O) groups is 2. The molecule has 1 aliphatic carbocycles. The zero-order chi connectivity index (χ0) is 14.1. The van der Waals surface area contributed by atoms with Crippen molar-refractivity contribution < 1.29 is 14.0 Å². The molecule has 104 valence electrons. The predicted molar refractivity (Wildman–Crippen MR) is 74.7 cm³/mol. The number of nitrogens with one attached hydrogen (secondary N) is 2. The first kappa shape index (κ1) is 13.0. The van der Waals surface area contributed by atoms with E-state index in [2.05, 4.69) is 10.6 Å². The van der Waals surface area contributed by atoms with Gasteiger partial charge in [-0.25, -0.2) is 0 Å². The van der Waals surface area contributed by atoms with Crippen molar-refractivity contribution >= 4 is 34.4 Å². The van der Waals surface area contributed by atoms with Crippen molar-refractivity contribution in [2.24, 2.45) is 0 Å². The minimum Gasteiger partial charge on any atom is -0.451 e. The van der Waals surface area contributed by atoms with Crippen molar-refractivity contribution in [3.8, 4) is 0 Å². The zero-order valence-electron chi connectivity index (χ0n) is 10.6. The van der Waals surface area contributed by atoms with Gasteiger partial charge in [-0.1, -0.05) is 11.6 Å². The van der Waals surface area contributed by atoms with Crippen molar-refractivity contribution in [1.29, 1.82) is 0 Å². The van der Waals surface area contributed by atoms with Crippen LogP contribution < -0.4 is 10.6 Å². The number of rotatable bonds is 4. The molecule has 5 nitrogen and oxygen atoms in total. The number of hydrogen-bond acceptors (Lipinski definition) is 3. The van der Waals surface area contributed by atoms with Crippen molar-refractivity contribution in [3.63, 3.8) is 0 Å². The van der Waals surface area contributed by atoms with Gasteiger partial charge in [0.25, 0.3) is 5.91 Å². The lowest BCUT2D eigenvalue weighted by atomic mass is 10.2. The second-order valence-corrected chi connectivity index (χ2v) is 5.25. The minimum atomic E-state index is -0.414. The molecule has 3 rings (SSSR count). The van der Waals surface area contributed by atoms with Crippen molar-refractivity contribution in [2.75, 3.05) is 6.54 Å². The SMILES string of the molecule is O=C(CNC(=O)c1cc2cc(Cl)ccc2o1)NC1CC1. The van der Waals surface area contributed by atoms with Crippen LogP contribution in [-0.4, -0.2) is 24.4 Å². The second kappa shape index (κ2) is 5.17. The topological polar surface area (TPSA) is 71.3 Å². The minimum absolute atomic E-state index is 0.0485. The molecule has 1 heterocycles. The number of benzene rings is 1. The van der Waals surface area contributed by atoms with E-state index >= 15 is 0 Å². The fourth-order valence-electron chi connectivity index (χ4n) is 1.88. The summed E-state index contributed by atoms with van der Waals surface area (Å²) in [5.41, 5.74) is 0.585. The van der Waals surface area contributed by atoms with E-state index in [4.69, 9.17) is 16.0 Å². The molecule has 1 aromatic heterocycles. The van der Waals surface area contributed by atoms with E-state index in [1.165, 1.54) is 0 Å². The molecule has 0 unspecified atom stereocenters. The molecule has 0 radical (unpaired) electrons. The Morgan fingerprint density at radius 1 is 1.30 bits per heavy atom. The van der Waals surface area contributed by atoms with Gasteiger partial charge in [0.15, 0.2) is 5.76 Å². The van der Waals surface area contributed by atoms with Gasteiger partial charge in [0.05, 0.1) is 6.54 Å². The lowest BCUT2D eigenvalue weighted by Crippen LogP contribution is -2.37.